The number of benzene rings is 1. The number of hydrogen-bond donors (Lipinski definition) is 0. The van der Waals surface area contributed by atoms with Crippen molar-refractivity contribution >= 4 is 0 Å². The Hall–Kier alpha value is -1.10. The monoisotopic (exact) mass is 359 g/mol. The molecule has 26 heavy (non-hydrogen) atoms. The van der Waals surface area contributed by atoms with E-state index in [0.717, 1.165) is 64.0 Å². The highest BCUT2D eigenvalue weighted by Crippen LogP contribution is 2.42. The Labute approximate surface area is 157 Å². The van der Waals surface area contributed by atoms with E-state index in [4.69, 9.17) is 14.2 Å². The average molecular weight is 360 g/mol. The molecule has 4 nitrogen and oxygen atoms in total. The van der Waals surface area contributed by atoms with Gasteiger partial charge in [0.05, 0.1) is 12.7 Å². The standard InChI is InChI=1S/C22H33NO3/c1-24-21-4-2-3-19(15-21)16-23-11-9-22(10-12-23)20(8-14-26-22)7-13-25-17-18-5-6-18/h2-4,15,18,20H,5-14,16-17H2,1H3. The maximum Gasteiger partial charge on any atom is 0.119 e. The second-order valence-electron chi connectivity index (χ2n) is 8.33. The molecule has 3 fully saturated rings. The Morgan fingerprint density at radius 2 is 2.04 bits per heavy atom. The minimum atomic E-state index is 0.119. The SMILES string of the molecule is COc1cccc(CN2CCC3(CC2)OCCC3CCOCC2CC2)c1. The van der Waals surface area contributed by atoms with Gasteiger partial charge in [0.1, 0.15) is 5.75 Å². The fourth-order valence-electron chi connectivity index (χ4n) is 4.62. The molecule has 1 spiro atoms. The first kappa shape index (κ1) is 18.3. The largest absolute Gasteiger partial charge is 0.497 e. The van der Waals surface area contributed by atoms with Crippen LogP contribution in [-0.2, 0) is 16.0 Å². The minimum absolute atomic E-state index is 0.119. The molecule has 1 saturated carbocycles. The molecule has 1 atom stereocenters. The molecule has 2 aliphatic heterocycles. The van der Waals surface area contributed by atoms with Crippen LogP contribution in [0.2, 0.25) is 0 Å². The van der Waals surface area contributed by atoms with E-state index in [2.05, 4.69) is 23.1 Å². The number of hydrogen-bond acceptors (Lipinski definition) is 4. The summed E-state index contributed by atoms with van der Waals surface area (Å²) in [6.07, 6.45) is 7.44. The first-order valence-corrected chi connectivity index (χ1v) is 10.3. The van der Waals surface area contributed by atoms with E-state index >= 15 is 0 Å². The van der Waals surface area contributed by atoms with Gasteiger partial charge in [0.25, 0.3) is 0 Å². The van der Waals surface area contributed by atoms with E-state index in [1.807, 2.05) is 6.07 Å². The van der Waals surface area contributed by atoms with Crippen molar-refractivity contribution in [2.45, 2.75) is 50.7 Å². The lowest BCUT2D eigenvalue weighted by atomic mass is 9.78. The van der Waals surface area contributed by atoms with Crippen molar-refractivity contribution in [3.63, 3.8) is 0 Å². The van der Waals surface area contributed by atoms with E-state index in [1.54, 1.807) is 7.11 Å². The Morgan fingerprint density at radius 3 is 2.81 bits per heavy atom. The fourth-order valence-corrected chi connectivity index (χ4v) is 4.62. The Morgan fingerprint density at radius 1 is 1.19 bits per heavy atom. The Bertz CT molecular complexity index is 579. The van der Waals surface area contributed by atoms with E-state index in [1.165, 1.54) is 31.2 Å². The summed E-state index contributed by atoms with van der Waals surface area (Å²) in [6.45, 7) is 6.08. The van der Waals surface area contributed by atoms with Gasteiger partial charge in [-0.2, -0.15) is 0 Å². The van der Waals surface area contributed by atoms with Crippen LogP contribution in [0.4, 0.5) is 0 Å². The van der Waals surface area contributed by atoms with Gasteiger partial charge in [0.2, 0.25) is 0 Å². The Balaban J connectivity index is 1.25. The van der Waals surface area contributed by atoms with Gasteiger partial charge in [0, 0.05) is 39.5 Å². The van der Waals surface area contributed by atoms with Crippen LogP contribution >= 0.6 is 0 Å². The summed E-state index contributed by atoms with van der Waals surface area (Å²) in [4.78, 5) is 2.56. The predicted molar refractivity (Wildman–Crippen MR) is 102 cm³/mol. The minimum Gasteiger partial charge on any atom is -0.497 e. The predicted octanol–water partition coefficient (Wildman–Crippen LogP) is 3.88. The molecule has 1 aliphatic carbocycles. The Kier molecular flexibility index (Phi) is 5.82. The molecule has 4 heteroatoms. The third kappa shape index (κ3) is 4.41. The van der Waals surface area contributed by atoms with Crippen molar-refractivity contribution in [2.75, 3.05) is 40.0 Å². The quantitative estimate of drug-likeness (QED) is 0.659. The molecule has 4 rings (SSSR count). The van der Waals surface area contributed by atoms with Crippen molar-refractivity contribution in [2.24, 2.45) is 11.8 Å². The van der Waals surface area contributed by atoms with Gasteiger partial charge < -0.3 is 14.2 Å². The zero-order valence-corrected chi connectivity index (χ0v) is 16.1. The summed E-state index contributed by atoms with van der Waals surface area (Å²) in [5, 5.41) is 0. The van der Waals surface area contributed by atoms with Gasteiger partial charge in [0.15, 0.2) is 0 Å². The van der Waals surface area contributed by atoms with Gasteiger partial charge in [-0.15, -0.1) is 0 Å². The molecule has 2 heterocycles. The van der Waals surface area contributed by atoms with E-state index in [0.29, 0.717) is 5.92 Å². The lowest BCUT2D eigenvalue weighted by Crippen LogP contribution is -2.47. The van der Waals surface area contributed by atoms with Crippen LogP contribution in [0, 0.1) is 11.8 Å². The molecule has 1 aromatic rings. The summed E-state index contributed by atoms with van der Waals surface area (Å²) in [7, 11) is 1.73. The average Bonchev–Trinajstić information content (AvgIpc) is 3.42. The van der Waals surface area contributed by atoms with Crippen molar-refractivity contribution in [1.29, 1.82) is 0 Å². The lowest BCUT2D eigenvalue weighted by molar-refractivity contribution is -0.0731. The van der Waals surface area contributed by atoms with Crippen LogP contribution < -0.4 is 4.74 Å². The van der Waals surface area contributed by atoms with Crippen molar-refractivity contribution in [1.82, 2.24) is 4.90 Å². The molecule has 1 unspecified atom stereocenters. The summed E-state index contributed by atoms with van der Waals surface area (Å²) < 4.78 is 17.6. The fraction of sp³-hybridized carbons (Fsp3) is 0.727. The van der Waals surface area contributed by atoms with Crippen LogP contribution in [0.15, 0.2) is 24.3 Å². The van der Waals surface area contributed by atoms with Gasteiger partial charge >= 0.3 is 0 Å². The number of ether oxygens (including phenoxy) is 3. The van der Waals surface area contributed by atoms with Crippen LogP contribution in [0.5, 0.6) is 5.75 Å². The van der Waals surface area contributed by atoms with Crippen LogP contribution in [-0.4, -0.2) is 50.5 Å². The maximum atomic E-state index is 6.32. The first-order valence-electron chi connectivity index (χ1n) is 10.3. The molecule has 0 radical (unpaired) electrons. The van der Waals surface area contributed by atoms with Gasteiger partial charge in [-0.25, -0.2) is 0 Å². The van der Waals surface area contributed by atoms with Gasteiger partial charge in [-0.05, 0) is 68.1 Å². The molecule has 0 bridgehead atoms. The molecular weight excluding hydrogens is 326 g/mol. The molecule has 2 saturated heterocycles. The van der Waals surface area contributed by atoms with Gasteiger partial charge in [-0.1, -0.05) is 12.1 Å². The molecular formula is C22H33NO3. The number of likely N-dealkylation sites (tertiary alicyclic amines) is 1. The normalized spacial score (nSPS) is 25.7. The number of methoxy groups -OCH3 is 1. The molecule has 0 amide bonds. The summed E-state index contributed by atoms with van der Waals surface area (Å²) in [6, 6.07) is 8.43. The van der Waals surface area contributed by atoms with Gasteiger partial charge in [-0.3, -0.25) is 4.90 Å². The molecule has 0 N–H and O–H groups in total. The van der Waals surface area contributed by atoms with E-state index in [9.17, 15) is 0 Å². The second-order valence-corrected chi connectivity index (χ2v) is 8.33. The maximum absolute atomic E-state index is 6.32. The zero-order chi connectivity index (χ0) is 17.8. The molecule has 144 valence electrons. The van der Waals surface area contributed by atoms with Crippen LogP contribution in [0.25, 0.3) is 0 Å². The third-order valence-electron chi connectivity index (χ3n) is 6.50. The topological polar surface area (TPSA) is 30.9 Å². The van der Waals surface area contributed by atoms with Crippen LogP contribution in [0.1, 0.15) is 44.1 Å². The summed E-state index contributed by atoms with van der Waals surface area (Å²) >= 11 is 0. The van der Waals surface area contributed by atoms with E-state index in [-0.39, 0.29) is 5.60 Å². The first-order chi connectivity index (χ1) is 12.8. The second kappa shape index (κ2) is 8.28. The molecule has 3 aliphatic rings. The summed E-state index contributed by atoms with van der Waals surface area (Å²) in [5.74, 6) is 2.49. The summed E-state index contributed by atoms with van der Waals surface area (Å²) in [5.41, 5.74) is 1.45. The number of nitrogens with zero attached hydrogens (tertiary/aromatic N) is 1. The smallest absolute Gasteiger partial charge is 0.119 e. The number of rotatable bonds is 8. The molecule has 0 aromatic heterocycles. The zero-order valence-electron chi connectivity index (χ0n) is 16.1. The van der Waals surface area contributed by atoms with Crippen molar-refractivity contribution in [3.8, 4) is 5.75 Å². The van der Waals surface area contributed by atoms with Crippen LogP contribution in [0.3, 0.4) is 0 Å². The molecule has 1 aromatic carbocycles. The van der Waals surface area contributed by atoms with Crippen molar-refractivity contribution in [3.05, 3.63) is 29.8 Å². The highest BCUT2D eigenvalue weighted by atomic mass is 16.5. The van der Waals surface area contributed by atoms with E-state index < -0.39 is 0 Å². The third-order valence-corrected chi connectivity index (χ3v) is 6.50. The van der Waals surface area contributed by atoms with Crippen molar-refractivity contribution < 1.29 is 14.2 Å². The highest BCUT2D eigenvalue weighted by molar-refractivity contribution is 5.28. The highest BCUT2D eigenvalue weighted by Gasteiger charge is 2.45. The number of piperidine rings is 1. The lowest BCUT2D eigenvalue weighted by Gasteiger charge is -2.42.